The Hall–Kier alpha value is -2.51. The summed E-state index contributed by atoms with van der Waals surface area (Å²) in [6.45, 7) is 2.19. The maximum absolute atomic E-state index is 2.28. The first-order chi connectivity index (χ1) is 12.3. The van der Waals surface area contributed by atoms with E-state index in [2.05, 4.69) is 98.1 Å². The van der Waals surface area contributed by atoms with E-state index < -0.39 is 0 Å². The molecule has 4 aromatic carbocycles. The van der Waals surface area contributed by atoms with Gasteiger partial charge in [0, 0.05) is 4.90 Å². The molecule has 0 aliphatic heterocycles. The van der Waals surface area contributed by atoms with Crippen LogP contribution in [-0.2, 0) is 0 Å². The van der Waals surface area contributed by atoms with Gasteiger partial charge in [0.2, 0.25) is 0 Å². The lowest BCUT2D eigenvalue weighted by Gasteiger charge is -2.10. The Labute approximate surface area is 153 Å². The topological polar surface area (TPSA) is 0 Å². The maximum atomic E-state index is 2.28. The van der Waals surface area contributed by atoms with Gasteiger partial charge in [0.1, 0.15) is 0 Å². The van der Waals surface area contributed by atoms with Gasteiger partial charge in [-0.1, -0.05) is 78.9 Å². The van der Waals surface area contributed by atoms with E-state index in [0.717, 1.165) is 0 Å². The van der Waals surface area contributed by atoms with E-state index in [1.54, 1.807) is 11.8 Å². The lowest BCUT2D eigenvalue weighted by atomic mass is 9.97. The molecular weight excluding hydrogens is 320 g/mol. The Kier molecular flexibility index (Phi) is 4.33. The fourth-order valence-corrected chi connectivity index (χ4v) is 4.02. The highest BCUT2D eigenvalue weighted by molar-refractivity contribution is 7.98. The van der Waals surface area contributed by atoms with Crippen molar-refractivity contribution < 1.29 is 0 Å². The summed E-state index contributed by atoms with van der Waals surface area (Å²) >= 11 is 1.80. The van der Waals surface area contributed by atoms with E-state index in [4.69, 9.17) is 0 Å². The van der Waals surface area contributed by atoms with E-state index in [9.17, 15) is 0 Å². The third kappa shape index (κ3) is 2.96. The summed E-state index contributed by atoms with van der Waals surface area (Å²) in [6, 6.07) is 26.1. The third-order valence-electron chi connectivity index (χ3n) is 4.76. The minimum absolute atomic E-state index is 1.29. The van der Waals surface area contributed by atoms with Crippen LogP contribution in [0.5, 0.6) is 0 Å². The monoisotopic (exact) mass is 340 g/mol. The van der Waals surface area contributed by atoms with Crippen molar-refractivity contribution in [1.82, 2.24) is 0 Å². The molecule has 0 saturated carbocycles. The van der Waals surface area contributed by atoms with Crippen molar-refractivity contribution in [2.75, 3.05) is 6.26 Å². The van der Waals surface area contributed by atoms with Crippen LogP contribution in [0.2, 0.25) is 0 Å². The number of hydrogen-bond acceptors (Lipinski definition) is 1. The second-order valence-corrected chi connectivity index (χ2v) is 7.10. The molecule has 4 aromatic rings. The van der Waals surface area contributed by atoms with Crippen LogP contribution in [0, 0.1) is 6.92 Å². The van der Waals surface area contributed by atoms with Gasteiger partial charge in [-0.2, -0.15) is 0 Å². The average Bonchev–Trinajstić information content (AvgIpc) is 2.67. The summed E-state index contributed by atoms with van der Waals surface area (Å²) in [5.74, 6) is 0. The van der Waals surface area contributed by atoms with Gasteiger partial charge in [-0.3, -0.25) is 0 Å². The third-order valence-corrected chi connectivity index (χ3v) is 5.55. The molecule has 4 rings (SSSR count). The Morgan fingerprint density at radius 1 is 0.640 bits per heavy atom. The van der Waals surface area contributed by atoms with Crippen molar-refractivity contribution in [1.29, 1.82) is 0 Å². The van der Waals surface area contributed by atoms with Crippen LogP contribution in [0.4, 0.5) is 0 Å². The molecule has 0 heterocycles. The van der Waals surface area contributed by atoms with Crippen LogP contribution in [0.3, 0.4) is 0 Å². The molecule has 0 amide bonds. The average molecular weight is 340 g/mol. The fourth-order valence-electron chi connectivity index (χ4n) is 3.42. The largest absolute Gasteiger partial charge is 0.129 e. The standard InChI is InChI=1S/C24H20S/c1-17-11-12-18-7-3-5-9-21(18)20(17)14-15-23-22-10-6-4-8-19(22)13-16-24(23)25-2/h3-16H,1-2H3/b15-14+. The lowest BCUT2D eigenvalue weighted by molar-refractivity contribution is 1.46. The molecule has 0 aliphatic carbocycles. The van der Waals surface area contributed by atoms with Gasteiger partial charge in [-0.05, 0) is 57.5 Å². The van der Waals surface area contributed by atoms with Crippen molar-refractivity contribution in [3.8, 4) is 0 Å². The van der Waals surface area contributed by atoms with Gasteiger partial charge in [0.15, 0.2) is 0 Å². The second-order valence-electron chi connectivity index (χ2n) is 6.25. The summed E-state index contributed by atoms with van der Waals surface area (Å²) in [5.41, 5.74) is 3.91. The van der Waals surface area contributed by atoms with E-state index in [1.807, 2.05) is 0 Å². The second kappa shape index (κ2) is 6.78. The molecule has 0 aromatic heterocycles. The molecule has 122 valence electrons. The highest BCUT2D eigenvalue weighted by Crippen LogP contribution is 2.31. The Morgan fingerprint density at radius 2 is 1.20 bits per heavy atom. The predicted octanol–water partition coefficient (Wildman–Crippen LogP) is 7.19. The molecule has 0 spiro atoms. The molecule has 0 nitrogen and oxygen atoms in total. The zero-order valence-electron chi connectivity index (χ0n) is 14.5. The molecule has 0 saturated heterocycles. The summed E-state index contributed by atoms with van der Waals surface area (Å²) in [7, 11) is 0. The summed E-state index contributed by atoms with van der Waals surface area (Å²) in [6.07, 6.45) is 6.70. The first kappa shape index (κ1) is 16.0. The number of hydrogen-bond donors (Lipinski definition) is 0. The summed E-state index contributed by atoms with van der Waals surface area (Å²) in [4.78, 5) is 1.31. The normalized spacial score (nSPS) is 11.6. The number of fused-ring (bicyclic) bond motifs is 2. The SMILES string of the molecule is CSc1ccc2ccccc2c1/C=C/c1c(C)ccc2ccccc12. The number of aryl methyl sites for hydroxylation is 1. The van der Waals surface area contributed by atoms with E-state index in [-0.39, 0.29) is 0 Å². The van der Waals surface area contributed by atoms with Crippen LogP contribution in [0.15, 0.2) is 77.7 Å². The van der Waals surface area contributed by atoms with Gasteiger partial charge in [0.25, 0.3) is 0 Å². The van der Waals surface area contributed by atoms with Gasteiger partial charge in [-0.15, -0.1) is 11.8 Å². The summed E-state index contributed by atoms with van der Waals surface area (Å²) in [5, 5.41) is 5.19. The minimum Gasteiger partial charge on any atom is -0.129 e. The van der Waals surface area contributed by atoms with Gasteiger partial charge in [0.05, 0.1) is 0 Å². The van der Waals surface area contributed by atoms with Crippen LogP contribution in [0.1, 0.15) is 16.7 Å². The van der Waals surface area contributed by atoms with Gasteiger partial charge >= 0.3 is 0 Å². The molecule has 0 unspecified atom stereocenters. The van der Waals surface area contributed by atoms with Gasteiger partial charge in [-0.25, -0.2) is 0 Å². The van der Waals surface area contributed by atoms with E-state index in [0.29, 0.717) is 0 Å². The van der Waals surface area contributed by atoms with Crippen LogP contribution < -0.4 is 0 Å². The Morgan fingerprint density at radius 3 is 1.88 bits per heavy atom. The van der Waals surface area contributed by atoms with Crippen LogP contribution >= 0.6 is 11.8 Å². The molecule has 0 N–H and O–H groups in total. The zero-order valence-corrected chi connectivity index (χ0v) is 15.3. The van der Waals surface area contributed by atoms with E-state index >= 15 is 0 Å². The molecule has 25 heavy (non-hydrogen) atoms. The molecule has 0 fully saturated rings. The predicted molar refractivity (Wildman–Crippen MR) is 113 cm³/mol. The first-order valence-corrected chi connectivity index (χ1v) is 9.72. The summed E-state index contributed by atoms with van der Waals surface area (Å²) < 4.78 is 0. The molecule has 0 radical (unpaired) electrons. The maximum Gasteiger partial charge on any atom is 0.0148 e. The van der Waals surface area contributed by atoms with Crippen LogP contribution in [-0.4, -0.2) is 6.26 Å². The van der Waals surface area contributed by atoms with Crippen LogP contribution in [0.25, 0.3) is 33.7 Å². The van der Waals surface area contributed by atoms with Crippen molar-refractivity contribution in [3.05, 3.63) is 89.5 Å². The Bertz CT molecular complexity index is 1090. The molecule has 1 heteroatoms. The van der Waals surface area contributed by atoms with Crippen molar-refractivity contribution in [3.63, 3.8) is 0 Å². The number of benzene rings is 4. The highest BCUT2D eigenvalue weighted by Gasteiger charge is 2.06. The number of rotatable bonds is 3. The molecular formula is C24H20S. The number of thioether (sulfide) groups is 1. The van der Waals surface area contributed by atoms with Crippen molar-refractivity contribution in [2.45, 2.75) is 11.8 Å². The quantitative estimate of drug-likeness (QED) is 0.281. The van der Waals surface area contributed by atoms with Gasteiger partial charge < -0.3 is 0 Å². The fraction of sp³-hybridized carbons (Fsp3) is 0.0833. The van der Waals surface area contributed by atoms with Crippen molar-refractivity contribution in [2.24, 2.45) is 0 Å². The zero-order chi connectivity index (χ0) is 17.2. The molecule has 0 aliphatic rings. The van der Waals surface area contributed by atoms with E-state index in [1.165, 1.54) is 43.1 Å². The smallest absolute Gasteiger partial charge is 0.0148 e. The minimum atomic E-state index is 1.29. The molecule has 0 bridgehead atoms. The van der Waals surface area contributed by atoms with Crippen molar-refractivity contribution >= 4 is 45.5 Å². The first-order valence-electron chi connectivity index (χ1n) is 8.50. The molecule has 0 atom stereocenters. The Balaban J connectivity index is 1.91. The highest BCUT2D eigenvalue weighted by atomic mass is 32.2. The lowest BCUT2D eigenvalue weighted by Crippen LogP contribution is -1.86.